The summed E-state index contributed by atoms with van der Waals surface area (Å²) < 4.78 is 0. The number of halogens is 2. The first kappa shape index (κ1) is 12.0. The lowest BCUT2D eigenvalue weighted by Crippen LogP contribution is -2.10. The summed E-state index contributed by atoms with van der Waals surface area (Å²) in [6.45, 7) is 0. The zero-order valence-corrected chi connectivity index (χ0v) is 6.54. The van der Waals surface area contributed by atoms with Crippen LogP contribution in [0, 0.1) is 0 Å². The third-order valence-electron chi connectivity index (χ3n) is 0.764. The fraction of sp³-hybridized carbons (Fsp3) is 0. The van der Waals surface area contributed by atoms with Gasteiger partial charge in [-0.15, -0.1) is 24.8 Å². The predicted molar refractivity (Wildman–Crippen MR) is 41.6 cm³/mol. The van der Waals surface area contributed by atoms with Crippen LogP contribution in [0.3, 0.4) is 0 Å². The number of rotatable bonds is 1. The summed E-state index contributed by atoms with van der Waals surface area (Å²) in [6, 6.07) is 0. The number of imidazole rings is 1. The second-order valence-electron chi connectivity index (χ2n) is 1.33. The molecule has 6 heteroatoms. The molecule has 1 aromatic heterocycles. The Morgan fingerprint density at radius 2 is 2.20 bits per heavy atom. The van der Waals surface area contributed by atoms with Gasteiger partial charge in [-0.2, -0.15) is 0 Å². The van der Waals surface area contributed by atoms with Gasteiger partial charge in [0, 0.05) is 0 Å². The zero-order valence-electron chi connectivity index (χ0n) is 4.90. The van der Waals surface area contributed by atoms with Crippen molar-refractivity contribution in [3.8, 4) is 0 Å². The number of hydrogen-bond donors (Lipinski definition) is 2. The molecule has 0 aliphatic rings. The number of nitrogens with one attached hydrogen (secondary N) is 1. The summed E-state index contributed by atoms with van der Waals surface area (Å²) in [5.41, 5.74) is 5.19. The number of primary amides is 1. The molecule has 0 fully saturated rings. The van der Waals surface area contributed by atoms with Gasteiger partial charge in [-0.1, -0.05) is 0 Å². The van der Waals surface area contributed by atoms with Gasteiger partial charge >= 0.3 is 0 Å². The second kappa shape index (κ2) is 5.08. The van der Waals surface area contributed by atoms with Crippen molar-refractivity contribution in [3.05, 3.63) is 18.2 Å². The van der Waals surface area contributed by atoms with Gasteiger partial charge in [-0.25, -0.2) is 4.98 Å². The van der Waals surface area contributed by atoms with Gasteiger partial charge in [-0.05, 0) is 0 Å². The number of hydrogen-bond acceptors (Lipinski definition) is 2. The van der Waals surface area contributed by atoms with E-state index in [4.69, 9.17) is 5.73 Å². The number of carbonyl (C=O) groups is 1. The highest BCUT2D eigenvalue weighted by molar-refractivity contribution is 5.90. The van der Waals surface area contributed by atoms with Gasteiger partial charge in [0.1, 0.15) is 5.69 Å². The summed E-state index contributed by atoms with van der Waals surface area (Å²) in [6.07, 6.45) is 2.78. The molecule has 1 rings (SSSR count). The van der Waals surface area contributed by atoms with Crippen molar-refractivity contribution >= 4 is 30.7 Å². The highest BCUT2D eigenvalue weighted by Gasteiger charge is 1.96. The molecule has 58 valence electrons. The molecule has 0 unspecified atom stereocenters. The first-order valence-electron chi connectivity index (χ1n) is 2.09. The van der Waals surface area contributed by atoms with E-state index in [1.807, 2.05) is 0 Å². The maximum absolute atomic E-state index is 10.2. The van der Waals surface area contributed by atoms with Crippen LogP contribution in [0.5, 0.6) is 0 Å². The molecular weight excluding hydrogens is 177 g/mol. The summed E-state index contributed by atoms with van der Waals surface area (Å²) in [5.74, 6) is -0.484. The Morgan fingerprint density at radius 3 is 2.40 bits per heavy atom. The SMILES string of the molecule is Cl.Cl.NC(=O)c1cnc[nH]1. The van der Waals surface area contributed by atoms with E-state index in [2.05, 4.69) is 9.97 Å². The second-order valence-corrected chi connectivity index (χ2v) is 1.33. The van der Waals surface area contributed by atoms with Crippen molar-refractivity contribution in [2.24, 2.45) is 5.73 Å². The molecule has 0 radical (unpaired) electrons. The predicted octanol–water partition coefficient (Wildman–Crippen LogP) is 0.352. The number of amides is 1. The Labute approximate surface area is 70.0 Å². The van der Waals surface area contributed by atoms with Crippen molar-refractivity contribution in [3.63, 3.8) is 0 Å². The average Bonchev–Trinajstić information content (AvgIpc) is 2.12. The van der Waals surface area contributed by atoms with Crippen LogP contribution < -0.4 is 5.73 Å². The fourth-order valence-electron chi connectivity index (χ4n) is 0.391. The average molecular weight is 184 g/mol. The largest absolute Gasteiger partial charge is 0.364 e. The van der Waals surface area contributed by atoms with Crippen LogP contribution in [-0.4, -0.2) is 15.9 Å². The highest BCUT2D eigenvalue weighted by atomic mass is 35.5. The van der Waals surface area contributed by atoms with Crippen molar-refractivity contribution in [2.45, 2.75) is 0 Å². The quantitative estimate of drug-likeness (QED) is 0.660. The third-order valence-corrected chi connectivity index (χ3v) is 0.764. The lowest BCUT2D eigenvalue weighted by Gasteiger charge is -1.80. The van der Waals surface area contributed by atoms with E-state index in [1.165, 1.54) is 12.5 Å². The van der Waals surface area contributed by atoms with E-state index in [-0.39, 0.29) is 24.8 Å². The number of aromatic amines is 1. The fourth-order valence-corrected chi connectivity index (χ4v) is 0.391. The monoisotopic (exact) mass is 183 g/mol. The van der Waals surface area contributed by atoms with Gasteiger partial charge in [0.2, 0.25) is 0 Å². The Balaban J connectivity index is 0. The lowest BCUT2D eigenvalue weighted by atomic mass is 10.5. The van der Waals surface area contributed by atoms with Crippen molar-refractivity contribution in [1.29, 1.82) is 0 Å². The van der Waals surface area contributed by atoms with Gasteiger partial charge in [0.25, 0.3) is 5.91 Å². The van der Waals surface area contributed by atoms with Crippen LogP contribution in [0.2, 0.25) is 0 Å². The molecule has 1 heterocycles. The molecule has 0 atom stereocenters. The summed E-state index contributed by atoms with van der Waals surface area (Å²) in [4.78, 5) is 16.4. The molecule has 0 aliphatic carbocycles. The van der Waals surface area contributed by atoms with Gasteiger partial charge in [-0.3, -0.25) is 4.79 Å². The Hall–Kier alpha value is -0.740. The first-order valence-corrected chi connectivity index (χ1v) is 2.09. The molecule has 0 aromatic carbocycles. The smallest absolute Gasteiger partial charge is 0.266 e. The topological polar surface area (TPSA) is 71.8 Å². The summed E-state index contributed by atoms with van der Waals surface area (Å²) in [7, 11) is 0. The van der Waals surface area contributed by atoms with Crippen molar-refractivity contribution in [2.75, 3.05) is 0 Å². The van der Waals surface area contributed by atoms with Crippen LogP contribution in [0.25, 0.3) is 0 Å². The molecule has 0 saturated carbocycles. The number of nitrogens with zero attached hydrogens (tertiary/aromatic N) is 1. The number of aromatic nitrogens is 2. The zero-order chi connectivity index (χ0) is 5.98. The Kier molecular flexibility index (Phi) is 6.09. The van der Waals surface area contributed by atoms with E-state index >= 15 is 0 Å². The van der Waals surface area contributed by atoms with E-state index in [0.29, 0.717) is 5.69 Å². The van der Waals surface area contributed by atoms with Crippen LogP contribution in [0.4, 0.5) is 0 Å². The molecule has 3 N–H and O–H groups in total. The van der Waals surface area contributed by atoms with Crippen LogP contribution >= 0.6 is 24.8 Å². The normalized spacial score (nSPS) is 7.20. The molecular formula is C4H7Cl2N3O. The van der Waals surface area contributed by atoms with Gasteiger partial charge in [0.15, 0.2) is 0 Å². The Morgan fingerprint density at radius 1 is 1.60 bits per heavy atom. The molecule has 0 bridgehead atoms. The van der Waals surface area contributed by atoms with Crippen LogP contribution in [0.15, 0.2) is 12.5 Å². The molecule has 0 spiro atoms. The summed E-state index contributed by atoms with van der Waals surface area (Å²) in [5, 5.41) is 0. The van der Waals surface area contributed by atoms with Crippen LogP contribution in [0.1, 0.15) is 10.5 Å². The molecule has 4 nitrogen and oxygen atoms in total. The summed E-state index contributed by atoms with van der Waals surface area (Å²) >= 11 is 0. The van der Waals surface area contributed by atoms with Crippen LogP contribution in [-0.2, 0) is 0 Å². The number of H-pyrrole nitrogens is 1. The molecule has 1 amide bonds. The van der Waals surface area contributed by atoms with E-state index in [9.17, 15) is 4.79 Å². The van der Waals surface area contributed by atoms with Gasteiger partial charge < -0.3 is 10.7 Å². The van der Waals surface area contributed by atoms with Crippen molar-refractivity contribution < 1.29 is 4.79 Å². The molecule has 1 aromatic rings. The third kappa shape index (κ3) is 2.70. The van der Waals surface area contributed by atoms with Gasteiger partial charge in [0.05, 0.1) is 12.5 Å². The van der Waals surface area contributed by atoms with E-state index in [0.717, 1.165) is 0 Å². The van der Waals surface area contributed by atoms with Crippen molar-refractivity contribution in [1.82, 2.24) is 9.97 Å². The Bertz CT molecular complexity index is 186. The maximum atomic E-state index is 10.2. The maximum Gasteiger partial charge on any atom is 0.266 e. The highest BCUT2D eigenvalue weighted by Crippen LogP contribution is 1.85. The minimum atomic E-state index is -0.484. The molecule has 0 aliphatic heterocycles. The molecule has 10 heavy (non-hydrogen) atoms. The minimum Gasteiger partial charge on any atom is -0.364 e. The lowest BCUT2D eigenvalue weighted by molar-refractivity contribution is 0.0996. The van der Waals surface area contributed by atoms with E-state index < -0.39 is 5.91 Å². The number of nitrogens with two attached hydrogens (primary N) is 1. The standard InChI is InChI=1S/C4H5N3O.2ClH/c5-4(8)3-1-6-2-7-3;;/h1-2H,(H2,5,8)(H,6,7);2*1H. The minimum absolute atomic E-state index is 0. The van der Waals surface area contributed by atoms with E-state index in [1.54, 1.807) is 0 Å². The first-order chi connectivity index (χ1) is 3.80. The number of carbonyl (C=O) groups excluding carboxylic acids is 1. The molecule has 0 saturated heterocycles.